The molecule has 0 aliphatic heterocycles. The van der Waals surface area contributed by atoms with E-state index in [9.17, 15) is 48.3 Å². The van der Waals surface area contributed by atoms with Gasteiger partial charge >= 0.3 is 0 Å². The minimum Gasteiger partial charge on any atom is -0.322 e. The van der Waals surface area contributed by atoms with Gasteiger partial charge in [-0.25, -0.2) is 17.6 Å². The first kappa shape index (κ1) is 22.6. The lowest BCUT2D eigenvalue weighted by Gasteiger charge is -2.11. The fourth-order valence-corrected chi connectivity index (χ4v) is 4.04. The molecule has 3 N–H and O–H groups in total. The van der Waals surface area contributed by atoms with E-state index in [0.717, 1.165) is 24.3 Å². The molecule has 0 bridgehead atoms. The summed E-state index contributed by atoms with van der Waals surface area (Å²) in [6.07, 6.45) is 0. The summed E-state index contributed by atoms with van der Waals surface area (Å²) in [6.45, 7) is 0. The van der Waals surface area contributed by atoms with Gasteiger partial charge in [-0.3, -0.25) is 13.9 Å². The molecule has 0 radical (unpaired) electrons. The van der Waals surface area contributed by atoms with E-state index in [0.29, 0.717) is 6.07 Å². The van der Waals surface area contributed by atoms with Crippen molar-refractivity contribution in [1.29, 1.82) is 0 Å². The normalized spacial score (nSPS) is 12.2. The Morgan fingerprint density at radius 1 is 0.806 bits per heavy atom. The van der Waals surface area contributed by atoms with Gasteiger partial charge in [-0.05, 0) is 35.7 Å². The number of carbonyl (C=O) groups excluding carboxylic acids is 1. The van der Waals surface area contributed by atoms with Crippen molar-refractivity contribution in [1.82, 2.24) is 0 Å². The highest BCUT2D eigenvalue weighted by atomic mass is 32.2. The fraction of sp³-hybridized carbons (Fsp3) is 0. The summed E-state index contributed by atoms with van der Waals surface area (Å²) in [5, 5.41) is 1.60. The third kappa shape index (κ3) is 4.36. The van der Waals surface area contributed by atoms with Crippen LogP contribution in [0.15, 0.2) is 46.2 Å². The Labute approximate surface area is 171 Å². The number of rotatable bonds is 4. The molecule has 31 heavy (non-hydrogen) atoms. The number of amides is 1. The molecule has 164 valence electrons. The Bertz CT molecular complexity index is 1470. The molecule has 3 rings (SSSR count). The summed E-state index contributed by atoms with van der Waals surface area (Å²) < 4.78 is 118. The van der Waals surface area contributed by atoms with Crippen LogP contribution in [0.4, 0.5) is 23.2 Å². The van der Waals surface area contributed by atoms with Gasteiger partial charge in [0.2, 0.25) is 0 Å². The van der Waals surface area contributed by atoms with Crippen molar-refractivity contribution in [2.75, 3.05) is 5.32 Å². The highest BCUT2D eigenvalue weighted by molar-refractivity contribution is 7.86. The molecule has 1 amide bonds. The molecule has 0 atom stereocenters. The van der Waals surface area contributed by atoms with Crippen molar-refractivity contribution in [2.45, 2.75) is 9.79 Å². The second kappa shape index (κ2) is 7.56. The smallest absolute Gasteiger partial charge is 0.295 e. The van der Waals surface area contributed by atoms with Crippen LogP contribution < -0.4 is 5.32 Å². The minimum atomic E-state index is -4.94. The molecule has 14 heteroatoms. The molecule has 0 aliphatic rings. The number of hydrogen-bond acceptors (Lipinski definition) is 5. The third-order valence-electron chi connectivity index (χ3n) is 4.07. The number of hydrogen-bond donors (Lipinski definition) is 3. The van der Waals surface area contributed by atoms with Gasteiger partial charge in [-0.1, -0.05) is 6.07 Å². The molecule has 3 aromatic carbocycles. The van der Waals surface area contributed by atoms with E-state index in [-0.39, 0.29) is 22.5 Å². The van der Waals surface area contributed by atoms with Crippen LogP contribution >= 0.6 is 0 Å². The summed E-state index contributed by atoms with van der Waals surface area (Å²) >= 11 is 0. The fourth-order valence-electron chi connectivity index (χ4n) is 2.69. The van der Waals surface area contributed by atoms with E-state index >= 15 is 0 Å². The first-order valence-corrected chi connectivity index (χ1v) is 10.8. The second-order valence-electron chi connectivity index (χ2n) is 6.11. The van der Waals surface area contributed by atoms with Gasteiger partial charge in [0.05, 0.1) is 10.5 Å². The molecule has 0 aliphatic carbocycles. The van der Waals surface area contributed by atoms with E-state index in [1.807, 2.05) is 5.32 Å². The van der Waals surface area contributed by atoms with Crippen LogP contribution in [-0.4, -0.2) is 31.8 Å². The summed E-state index contributed by atoms with van der Waals surface area (Å²) in [4.78, 5) is 10.4. The maximum absolute atomic E-state index is 13.8. The third-order valence-corrected chi connectivity index (χ3v) is 5.79. The zero-order valence-corrected chi connectivity index (χ0v) is 16.4. The highest BCUT2D eigenvalue weighted by Crippen LogP contribution is 2.30. The van der Waals surface area contributed by atoms with E-state index in [1.165, 1.54) is 0 Å². The van der Waals surface area contributed by atoms with E-state index in [1.54, 1.807) is 0 Å². The standard InChI is InChI=1S/C17H9F4NO7S2/c18-12-6-11(14(19)16(21)15(12)20)17(23)22-8-1-2-10-7(3-8)4-9(30(24,25)26)5-13(10)31(27,28)29/h1-6H,(H,22,23)(H,24,25,26)(H,27,28,29). The molecule has 0 aromatic heterocycles. The first-order valence-electron chi connectivity index (χ1n) is 7.87. The molecule has 0 fully saturated rings. The second-order valence-corrected chi connectivity index (χ2v) is 8.92. The number of nitrogens with one attached hydrogen (secondary N) is 1. The van der Waals surface area contributed by atoms with Crippen molar-refractivity contribution in [2.24, 2.45) is 0 Å². The summed E-state index contributed by atoms with van der Waals surface area (Å²) in [5.74, 6) is -9.51. The van der Waals surface area contributed by atoms with Crippen molar-refractivity contribution < 1.29 is 48.3 Å². The van der Waals surface area contributed by atoms with Gasteiger partial charge < -0.3 is 5.32 Å². The van der Waals surface area contributed by atoms with Crippen LogP contribution in [0.3, 0.4) is 0 Å². The predicted octanol–water partition coefficient (Wildman–Crippen LogP) is 3.14. The number of carbonyl (C=O) groups is 1. The van der Waals surface area contributed by atoms with Crippen LogP contribution in [0.25, 0.3) is 10.8 Å². The van der Waals surface area contributed by atoms with Gasteiger partial charge in [0.25, 0.3) is 26.1 Å². The number of halogens is 4. The highest BCUT2D eigenvalue weighted by Gasteiger charge is 2.24. The van der Waals surface area contributed by atoms with Crippen LogP contribution in [0.1, 0.15) is 10.4 Å². The Balaban J connectivity index is 2.12. The molecule has 0 unspecified atom stereocenters. The summed E-state index contributed by atoms with van der Waals surface area (Å²) in [7, 11) is -9.85. The predicted molar refractivity (Wildman–Crippen MR) is 97.8 cm³/mol. The van der Waals surface area contributed by atoms with Gasteiger partial charge in [0.1, 0.15) is 4.90 Å². The van der Waals surface area contributed by atoms with Crippen LogP contribution in [0.5, 0.6) is 0 Å². The lowest BCUT2D eigenvalue weighted by atomic mass is 10.1. The van der Waals surface area contributed by atoms with Crippen LogP contribution in [-0.2, 0) is 20.2 Å². The largest absolute Gasteiger partial charge is 0.322 e. The van der Waals surface area contributed by atoms with Crippen molar-refractivity contribution in [3.05, 3.63) is 65.2 Å². The molecule has 0 saturated carbocycles. The molecule has 0 saturated heterocycles. The molecule has 0 spiro atoms. The molecular weight excluding hydrogens is 470 g/mol. The van der Waals surface area contributed by atoms with Crippen LogP contribution in [0.2, 0.25) is 0 Å². The quantitative estimate of drug-likeness (QED) is 0.226. The SMILES string of the molecule is O=C(Nc1ccc2c(S(=O)(=O)O)cc(S(=O)(=O)O)cc2c1)c1cc(F)c(F)c(F)c1F. The summed E-state index contributed by atoms with van der Waals surface area (Å²) in [6, 6.07) is 4.50. The maximum Gasteiger partial charge on any atom is 0.295 e. The average molecular weight is 479 g/mol. The van der Waals surface area contributed by atoms with Crippen molar-refractivity contribution >= 4 is 42.6 Å². The van der Waals surface area contributed by atoms with E-state index in [2.05, 4.69) is 0 Å². The summed E-state index contributed by atoms with van der Waals surface area (Å²) in [5.41, 5.74) is -1.40. The Morgan fingerprint density at radius 2 is 1.45 bits per heavy atom. The number of anilines is 1. The van der Waals surface area contributed by atoms with E-state index in [4.69, 9.17) is 0 Å². The molecule has 3 aromatic rings. The lowest BCUT2D eigenvalue weighted by molar-refractivity contribution is 0.102. The van der Waals surface area contributed by atoms with Crippen LogP contribution in [0, 0.1) is 23.3 Å². The topological polar surface area (TPSA) is 138 Å². The van der Waals surface area contributed by atoms with Gasteiger partial charge in [-0.2, -0.15) is 16.8 Å². The molecule has 0 heterocycles. The molecule has 8 nitrogen and oxygen atoms in total. The Kier molecular flexibility index (Phi) is 5.52. The molecular formula is C17H9F4NO7S2. The Hall–Kier alpha value is -3.07. The first-order chi connectivity index (χ1) is 14.2. The average Bonchev–Trinajstić information content (AvgIpc) is 2.66. The van der Waals surface area contributed by atoms with Gasteiger partial charge in [-0.15, -0.1) is 0 Å². The zero-order valence-electron chi connectivity index (χ0n) is 14.7. The van der Waals surface area contributed by atoms with Gasteiger partial charge in [0.15, 0.2) is 23.3 Å². The number of fused-ring (bicyclic) bond motifs is 1. The Morgan fingerprint density at radius 3 is 2.03 bits per heavy atom. The maximum atomic E-state index is 13.8. The monoisotopic (exact) mass is 479 g/mol. The zero-order chi connectivity index (χ0) is 23.3. The lowest BCUT2D eigenvalue weighted by Crippen LogP contribution is -2.16. The van der Waals surface area contributed by atoms with Gasteiger partial charge in [0, 0.05) is 11.1 Å². The minimum absolute atomic E-state index is 0.122. The van der Waals surface area contributed by atoms with E-state index < -0.39 is 64.8 Å². The number of benzene rings is 3. The van der Waals surface area contributed by atoms with Crippen molar-refractivity contribution in [3.8, 4) is 0 Å². The van der Waals surface area contributed by atoms with Crippen molar-refractivity contribution in [3.63, 3.8) is 0 Å².